The quantitative estimate of drug-likeness (QED) is 0.185. The predicted octanol–water partition coefficient (Wildman–Crippen LogP) is 8.06. The van der Waals surface area contributed by atoms with E-state index >= 15 is 0 Å². The molecule has 47 heavy (non-hydrogen) atoms. The van der Waals surface area contributed by atoms with Crippen LogP contribution in [-0.4, -0.2) is 62.7 Å². The summed E-state index contributed by atoms with van der Waals surface area (Å²) in [6.45, 7) is 16.0. The van der Waals surface area contributed by atoms with Gasteiger partial charge in [0.05, 0.1) is 11.8 Å². The number of nitriles is 1. The Morgan fingerprint density at radius 3 is 2.51 bits per heavy atom. The molecule has 2 fully saturated rings. The van der Waals surface area contributed by atoms with Gasteiger partial charge in [0.25, 0.3) is 0 Å². The van der Waals surface area contributed by atoms with Gasteiger partial charge in [-0.25, -0.2) is 9.97 Å². The first-order valence-corrected chi connectivity index (χ1v) is 17.6. The number of piperidine rings is 2. The molecule has 0 bridgehead atoms. The van der Waals surface area contributed by atoms with Crippen LogP contribution < -0.4 is 5.32 Å². The average Bonchev–Trinajstić information content (AvgIpc) is 3.63. The summed E-state index contributed by atoms with van der Waals surface area (Å²) in [7, 11) is 0. The minimum Gasteiger partial charge on any atom is -0.378 e. The van der Waals surface area contributed by atoms with Crippen molar-refractivity contribution in [1.82, 2.24) is 24.3 Å². The van der Waals surface area contributed by atoms with Crippen molar-refractivity contribution in [2.24, 2.45) is 11.8 Å². The van der Waals surface area contributed by atoms with Gasteiger partial charge >= 0.3 is 6.18 Å². The maximum atomic E-state index is 13.1. The number of hydrogen-bond donors (Lipinski definition) is 1. The Balaban J connectivity index is 1.11. The fourth-order valence-electron chi connectivity index (χ4n) is 7.33. The third-order valence-corrected chi connectivity index (χ3v) is 11.2. The van der Waals surface area contributed by atoms with E-state index in [1.165, 1.54) is 11.1 Å². The van der Waals surface area contributed by atoms with Crippen LogP contribution in [0.1, 0.15) is 67.1 Å². The van der Waals surface area contributed by atoms with Crippen LogP contribution >= 0.6 is 11.3 Å². The lowest BCUT2D eigenvalue weighted by Crippen LogP contribution is -2.39. The second-order valence-corrected chi connectivity index (χ2v) is 14.4. The fourth-order valence-corrected chi connectivity index (χ4v) is 8.41. The zero-order valence-electron chi connectivity index (χ0n) is 27.5. The van der Waals surface area contributed by atoms with Crippen LogP contribution in [0.2, 0.25) is 0 Å². The summed E-state index contributed by atoms with van der Waals surface area (Å²) < 4.78 is 41.5. The second-order valence-electron chi connectivity index (χ2n) is 13.3. The van der Waals surface area contributed by atoms with Gasteiger partial charge in [-0.05, 0) is 80.0 Å². The highest BCUT2D eigenvalue weighted by Crippen LogP contribution is 2.35. The first-order chi connectivity index (χ1) is 22.5. The summed E-state index contributed by atoms with van der Waals surface area (Å²) in [6, 6.07) is 10.7. The molecule has 0 aliphatic carbocycles. The maximum absolute atomic E-state index is 13.1. The Morgan fingerprint density at radius 1 is 1.11 bits per heavy atom. The van der Waals surface area contributed by atoms with Crippen LogP contribution in [0.5, 0.6) is 0 Å². The van der Waals surface area contributed by atoms with E-state index in [0.29, 0.717) is 40.1 Å². The molecule has 250 valence electrons. The fraction of sp³-hybridized carbons (Fsp3) is 0.528. The number of likely N-dealkylation sites (tertiary alicyclic amines) is 2. The summed E-state index contributed by atoms with van der Waals surface area (Å²) in [5.41, 5.74) is 4.36. The van der Waals surface area contributed by atoms with Gasteiger partial charge in [-0.2, -0.15) is 18.4 Å². The molecule has 0 radical (unpaired) electrons. The Morgan fingerprint density at radius 2 is 1.85 bits per heavy atom. The molecule has 1 aromatic carbocycles. The Bertz CT molecular complexity index is 1770. The van der Waals surface area contributed by atoms with Crippen molar-refractivity contribution in [1.29, 1.82) is 5.26 Å². The number of alkyl halides is 3. The molecule has 1 N–H and O–H groups in total. The number of nitrogens with one attached hydrogen (secondary N) is 1. The lowest BCUT2D eigenvalue weighted by atomic mass is 9.85. The average molecular weight is 664 g/mol. The zero-order valence-corrected chi connectivity index (χ0v) is 28.4. The number of thiophene rings is 1. The van der Waals surface area contributed by atoms with Crippen molar-refractivity contribution in [3.63, 3.8) is 0 Å². The van der Waals surface area contributed by atoms with Crippen LogP contribution in [0.25, 0.3) is 21.1 Å². The highest BCUT2D eigenvalue weighted by atomic mass is 32.1. The third kappa shape index (κ3) is 7.44. The van der Waals surface area contributed by atoms with Crippen LogP contribution in [0.4, 0.5) is 19.0 Å². The topological polar surface area (TPSA) is 73.0 Å². The largest absolute Gasteiger partial charge is 0.393 e. The molecule has 0 spiro atoms. The minimum absolute atomic E-state index is 0.182. The second kappa shape index (κ2) is 13.9. The Kier molecular flexibility index (Phi) is 9.81. The monoisotopic (exact) mass is 663 g/mol. The van der Waals surface area contributed by atoms with Crippen molar-refractivity contribution in [2.45, 2.75) is 84.6 Å². The molecule has 2 aliphatic rings. The molecule has 3 aromatic heterocycles. The molecular formula is C36H44F3N7S. The van der Waals surface area contributed by atoms with Crippen LogP contribution in [0.3, 0.4) is 0 Å². The molecule has 0 saturated carbocycles. The van der Waals surface area contributed by atoms with Crippen molar-refractivity contribution in [2.75, 3.05) is 31.5 Å². The number of aryl methyl sites for hydroxylation is 2. The molecule has 0 amide bonds. The highest BCUT2D eigenvalue weighted by molar-refractivity contribution is 7.18. The van der Waals surface area contributed by atoms with Gasteiger partial charge in [-0.1, -0.05) is 26.5 Å². The molecule has 1 atom stereocenters. The van der Waals surface area contributed by atoms with E-state index in [0.717, 1.165) is 92.9 Å². The number of fused-ring (bicyclic) bond motifs is 2. The van der Waals surface area contributed by atoms with Crippen molar-refractivity contribution < 1.29 is 13.2 Å². The standard InChI is InChI=1S/C36H44F3N7S/c1-5-33-42-34(31-18-29(19-36(37,38)39)47-35(31)43-33)41-27-11-15-45(16-12-27)22-26-7-8-32-30(24(26)4)17-28(20-40)46(32)21-23(3)25-9-13-44(6-2)14-10-25/h6-8,17-18,23,25,27H,2,5,9-16,19,21-22H2,1,3-4H3,(H,41,42,43)/t23-/m0/s1. The van der Waals surface area contributed by atoms with Gasteiger partial charge in [-0.15, -0.1) is 11.3 Å². The number of halogens is 3. The molecule has 2 aliphatic heterocycles. The summed E-state index contributed by atoms with van der Waals surface area (Å²) >= 11 is 1.10. The van der Waals surface area contributed by atoms with Crippen LogP contribution in [0.15, 0.2) is 37.0 Å². The summed E-state index contributed by atoms with van der Waals surface area (Å²) in [5, 5.41) is 15.4. The molecular weight excluding hydrogens is 620 g/mol. The molecule has 6 rings (SSSR count). The first-order valence-electron chi connectivity index (χ1n) is 16.8. The first kappa shape index (κ1) is 33.3. The molecule has 7 nitrogen and oxygen atoms in total. The number of rotatable bonds is 10. The van der Waals surface area contributed by atoms with E-state index in [9.17, 15) is 18.4 Å². The number of nitrogens with zero attached hydrogens (tertiary/aromatic N) is 6. The van der Waals surface area contributed by atoms with Gasteiger partial charge < -0.3 is 14.8 Å². The molecule has 4 aromatic rings. The Hall–Kier alpha value is -3.62. The lowest BCUT2D eigenvalue weighted by molar-refractivity contribution is -0.126. The van der Waals surface area contributed by atoms with Gasteiger partial charge in [0.2, 0.25) is 0 Å². The van der Waals surface area contributed by atoms with Gasteiger partial charge in [0.15, 0.2) is 0 Å². The van der Waals surface area contributed by atoms with Crippen molar-refractivity contribution >= 4 is 38.3 Å². The predicted molar refractivity (Wildman–Crippen MR) is 184 cm³/mol. The number of aromatic nitrogens is 3. The van der Waals surface area contributed by atoms with E-state index in [2.05, 4.69) is 74.3 Å². The summed E-state index contributed by atoms with van der Waals surface area (Å²) in [4.78, 5) is 14.8. The van der Waals surface area contributed by atoms with E-state index in [4.69, 9.17) is 0 Å². The molecule has 0 unspecified atom stereocenters. The molecule has 5 heterocycles. The summed E-state index contributed by atoms with van der Waals surface area (Å²) in [6.07, 6.45) is 1.49. The lowest BCUT2D eigenvalue weighted by Gasteiger charge is -2.34. The van der Waals surface area contributed by atoms with E-state index in [-0.39, 0.29) is 10.9 Å². The highest BCUT2D eigenvalue weighted by Gasteiger charge is 2.30. The van der Waals surface area contributed by atoms with E-state index in [1.807, 2.05) is 13.1 Å². The van der Waals surface area contributed by atoms with Gasteiger partial charge in [0.1, 0.15) is 28.2 Å². The van der Waals surface area contributed by atoms with Gasteiger partial charge in [-0.3, -0.25) is 4.90 Å². The molecule has 11 heteroatoms. The SMILES string of the molecule is C=CN1CCC([C@@H](C)Cn2c(C#N)cc3c(C)c(CN4CCC(Nc5nc(CC)nc6sc(CC(F)(F)F)cc56)CC4)ccc32)CC1. The zero-order chi connectivity index (χ0) is 33.3. The van der Waals surface area contributed by atoms with Crippen molar-refractivity contribution in [3.05, 3.63) is 64.6 Å². The normalized spacial score (nSPS) is 17.8. The van der Waals surface area contributed by atoms with Crippen LogP contribution in [0, 0.1) is 30.1 Å². The minimum atomic E-state index is -4.25. The van der Waals surface area contributed by atoms with E-state index < -0.39 is 12.6 Å². The Labute approximate surface area is 279 Å². The molecule has 2 saturated heterocycles. The van der Waals surface area contributed by atoms with Crippen LogP contribution in [-0.2, 0) is 25.9 Å². The number of benzene rings is 1. The number of hydrogen-bond acceptors (Lipinski definition) is 7. The van der Waals surface area contributed by atoms with E-state index in [1.54, 1.807) is 6.07 Å². The van der Waals surface area contributed by atoms with Gasteiger partial charge in [0, 0.05) is 67.5 Å². The summed E-state index contributed by atoms with van der Waals surface area (Å²) in [5.74, 6) is 2.40. The third-order valence-electron chi connectivity index (χ3n) is 10.2. The maximum Gasteiger partial charge on any atom is 0.393 e. The smallest absolute Gasteiger partial charge is 0.378 e. The van der Waals surface area contributed by atoms with Crippen molar-refractivity contribution in [3.8, 4) is 6.07 Å². The number of anilines is 1.